The number of hydrogen-bond donors (Lipinski definition) is 0. The zero-order valence-corrected chi connectivity index (χ0v) is 13.7. The number of nitrogens with zero attached hydrogens (tertiary/aromatic N) is 4. The molecule has 2 aliphatic rings. The van der Waals surface area contributed by atoms with Gasteiger partial charge >= 0.3 is 0 Å². The third-order valence-corrected chi connectivity index (χ3v) is 4.47. The summed E-state index contributed by atoms with van der Waals surface area (Å²) < 4.78 is 0.980. The normalized spacial score (nSPS) is 19.8. The van der Waals surface area contributed by atoms with Crippen molar-refractivity contribution in [2.75, 3.05) is 46.3 Å². The van der Waals surface area contributed by atoms with Crippen LogP contribution in [0.3, 0.4) is 0 Å². The molecule has 5 nitrogen and oxygen atoms in total. The molecular weight excluding hydrogens is 332 g/mol. The molecule has 1 amide bonds. The SMILES string of the molecule is CN1CCN(C2=NCCN2C(=O)c2ccc(Br)cc2)CC1. The highest BCUT2D eigenvalue weighted by Gasteiger charge is 2.30. The van der Waals surface area contributed by atoms with Crippen LogP contribution in [-0.4, -0.2) is 72.9 Å². The Morgan fingerprint density at radius 2 is 1.76 bits per heavy atom. The van der Waals surface area contributed by atoms with Gasteiger partial charge in [0.25, 0.3) is 5.91 Å². The molecule has 0 aromatic heterocycles. The van der Waals surface area contributed by atoms with Gasteiger partial charge in [-0.25, -0.2) is 0 Å². The van der Waals surface area contributed by atoms with E-state index < -0.39 is 0 Å². The molecule has 0 N–H and O–H groups in total. The Labute approximate surface area is 133 Å². The van der Waals surface area contributed by atoms with Gasteiger partial charge in [-0.05, 0) is 31.3 Å². The van der Waals surface area contributed by atoms with Crippen LogP contribution in [0.5, 0.6) is 0 Å². The molecule has 0 spiro atoms. The maximum Gasteiger partial charge on any atom is 0.260 e. The van der Waals surface area contributed by atoms with Gasteiger partial charge < -0.3 is 9.80 Å². The molecule has 0 aliphatic carbocycles. The molecule has 2 aliphatic heterocycles. The number of carbonyl (C=O) groups excluding carboxylic acids is 1. The molecule has 1 aromatic carbocycles. The molecule has 1 aromatic rings. The van der Waals surface area contributed by atoms with E-state index in [0.29, 0.717) is 18.7 Å². The van der Waals surface area contributed by atoms with Crippen LogP contribution in [0.1, 0.15) is 10.4 Å². The van der Waals surface area contributed by atoms with E-state index >= 15 is 0 Å². The lowest BCUT2D eigenvalue weighted by atomic mass is 10.2. The first-order valence-corrected chi connectivity index (χ1v) is 8.00. The Balaban J connectivity index is 1.74. The summed E-state index contributed by atoms with van der Waals surface area (Å²) in [5, 5.41) is 0. The van der Waals surface area contributed by atoms with Crippen LogP contribution in [0.25, 0.3) is 0 Å². The van der Waals surface area contributed by atoms with Crippen LogP contribution in [0.15, 0.2) is 33.7 Å². The molecule has 2 heterocycles. The number of likely N-dealkylation sites (N-methyl/N-ethyl adjacent to an activating group) is 1. The molecule has 1 saturated heterocycles. The maximum atomic E-state index is 12.7. The Hall–Kier alpha value is -1.40. The fraction of sp³-hybridized carbons (Fsp3) is 0.467. The Kier molecular flexibility index (Phi) is 4.26. The lowest BCUT2D eigenvalue weighted by Gasteiger charge is -2.36. The summed E-state index contributed by atoms with van der Waals surface area (Å²) in [6, 6.07) is 7.50. The summed E-state index contributed by atoms with van der Waals surface area (Å²) in [6.07, 6.45) is 0. The number of carbonyl (C=O) groups is 1. The zero-order valence-electron chi connectivity index (χ0n) is 12.1. The second-order valence-corrected chi connectivity index (χ2v) is 6.35. The van der Waals surface area contributed by atoms with Gasteiger partial charge in [0.2, 0.25) is 5.96 Å². The number of piperazine rings is 1. The van der Waals surface area contributed by atoms with Crippen LogP contribution in [0.4, 0.5) is 0 Å². The summed E-state index contributed by atoms with van der Waals surface area (Å²) >= 11 is 3.40. The molecule has 3 rings (SSSR count). The zero-order chi connectivity index (χ0) is 14.8. The molecule has 1 fully saturated rings. The van der Waals surface area contributed by atoms with Crippen molar-refractivity contribution >= 4 is 27.8 Å². The van der Waals surface area contributed by atoms with E-state index in [1.807, 2.05) is 29.2 Å². The van der Waals surface area contributed by atoms with Crippen molar-refractivity contribution in [3.63, 3.8) is 0 Å². The van der Waals surface area contributed by atoms with E-state index in [-0.39, 0.29) is 5.91 Å². The molecule has 21 heavy (non-hydrogen) atoms. The smallest absolute Gasteiger partial charge is 0.260 e. The number of rotatable bonds is 1. The van der Waals surface area contributed by atoms with Gasteiger partial charge in [-0.3, -0.25) is 14.7 Å². The standard InChI is InChI=1S/C15H19BrN4O/c1-18-8-10-19(11-9-18)15-17-6-7-20(15)14(21)12-2-4-13(16)5-3-12/h2-5H,6-11H2,1H3. The number of guanidine groups is 1. The average molecular weight is 351 g/mol. The van der Waals surface area contributed by atoms with E-state index in [1.54, 1.807) is 0 Å². The van der Waals surface area contributed by atoms with E-state index in [1.165, 1.54) is 0 Å². The minimum Gasteiger partial charge on any atom is -0.340 e. The van der Waals surface area contributed by atoms with E-state index in [2.05, 4.69) is 37.8 Å². The summed E-state index contributed by atoms with van der Waals surface area (Å²) in [5.74, 6) is 0.883. The van der Waals surface area contributed by atoms with Crippen molar-refractivity contribution < 1.29 is 4.79 Å². The molecule has 0 radical (unpaired) electrons. The quantitative estimate of drug-likeness (QED) is 0.770. The molecule has 0 saturated carbocycles. The fourth-order valence-corrected chi connectivity index (χ4v) is 2.92. The second-order valence-electron chi connectivity index (χ2n) is 5.44. The minimum absolute atomic E-state index is 0.0395. The molecule has 0 unspecified atom stereocenters. The largest absolute Gasteiger partial charge is 0.340 e. The van der Waals surface area contributed by atoms with Crippen LogP contribution < -0.4 is 0 Å². The van der Waals surface area contributed by atoms with Crippen LogP contribution in [0, 0.1) is 0 Å². The van der Waals surface area contributed by atoms with Crippen molar-refractivity contribution in [3.8, 4) is 0 Å². The highest BCUT2D eigenvalue weighted by Crippen LogP contribution is 2.16. The third kappa shape index (κ3) is 3.11. The first kappa shape index (κ1) is 14.5. The second kappa shape index (κ2) is 6.15. The lowest BCUT2D eigenvalue weighted by Crippen LogP contribution is -2.52. The minimum atomic E-state index is 0.0395. The Morgan fingerprint density at radius 3 is 2.43 bits per heavy atom. The van der Waals surface area contributed by atoms with Gasteiger partial charge in [0.05, 0.1) is 6.54 Å². The number of hydrogen-bond acceptors (Lipinski definition) is 4. The van der Waals surface area contributed by atoms with Crippen molar-refractivity contribution in [2.24, 2.45) is 4.99 Å². The highest BCUT2D eigenvalue weighted by molar-refractivity contribution is 9.10. The van der Waals surface area contributed by atoms with Crippen molar-refractivity contribution in [3.05, 3.63) is 34.3 Å². The highest BCUT2D eigenvalue weighted by atomic mass is 79.9. The molecule has 6 heteroatoms. The molecule has 112 valence electrons. The number of aliphatic imine (C=N–C) groups is 1. The van der Waals surface area contributed by atoms with Gasteiger partial charge in [-0.2, -0.15) is 0 Å². The maximum absolute atomic E-state index is 12.7. The van der Waals surface area contributed by atoms with Crippen molar-refractivity contribution in [2.45, 2.75) is 0 Å². The van der Waals surface area contributed by atoms with Gasteiger partial charge in [0.15, 0.2) is 0 Å². The summed E-state index contributed by atoms with van der Waals surface area (Å²) in [5.41, 5.74) is 0.710. The van der Waals surface area contributed by atoms with E-state index in [9.17, 15) is 4.79 Å². The summed E-state index contributed by atoms with van der Waals surface area (Å²) in [4.78, 5) is 23.6. The van der Waals surface area contributed by atoms with Crippen LogP contribution in [0.2, 0.25) is 0 Å². The van der Waals surface area contributed by atoms with Crippen LogP contribution in [-0.2, 0) is 0 Å². The first-order valence-electron chi connectivity index (χ1n) is 7.20. The van der Waals surface area contributed by atoms with Gasteiger partial charge in [-0.1, -0.05) is 15.9 Å². The summed E-state index contributed by atoms with van der Waals surface area (Å²) in [6.45, 7) is 5.26. The van der Waals surface area contributed by atoms with Gasteiger partial charge in [0.1, 0.15) is 0 Å². The van der Waals surface area contributed by atoms with Crippen molar-refractivity contribution in [1.29, 1.82) is 0 Å². The summed E-state index contributed by atoms with van der Waals surface area (Å²) in [7, 11) is 2.12. The molecule has 0 atom stereocenters. The van der Waals surface area contributed by atoms with Gasteiger partial charge in [0, 0.05) is 42.8 Å². The third-order valence-electron chi connectivity index (χ3n) is 3.94. The first-order chi connectivity index (χ1) is 10.1. The van der Waals surface area contributed by atoms with E-state index in [0.717, 1.165) is 36.6 Å². The molecule has 0 bridgehead atoms. The predicted molar refractivity (Wildman–Crippen MR) is 86.6 cm³/mol. The van der Waals surface area contributed by atoms with Gasteiger partial charge in [-0.15, -0.1) is 0 Å². The number of amides is 1. The van der Waals surface area contributed by atoms with Crippen LogP contribution >= 0.6 is 15.9 Å². The molecular formula is C15H19BrN4O. The monoisotopic (exact) mass is 350 g/mol. The number of benzene rings is 1. The Bertz CT molecular complexity index is 549. The lowest BCUT2D eigenvalue weighted by molar-refractivity contribution is 0.0836. The predicted octanol–water partition coefficient (Wildman–Crippen LogP) is 1.51. The van der Waals surface area contributed by atoms with E-state index in [4.69, 9.17) is 0 Å². The fourth-order valence-electron chi connectivity index (χ4n) is 2.65. The average Bonchev–Trinajstić information content (AvgIpc) is 2.97. The van der Waals surface area contributed by atoms with Crippen molar-refractivity contribution in [1.82, 2.24) is 14.7 Å². The topological polar surface area (TPSA) is 39.1 Å². The number of halogens is 1. The Morgan fingerprint density at radius 1 is 1.10 bits per heavy atom.